The summed E-state index contributed by atoms with van der Waals surface area (Å²) in [6, 6.07) is 0. The largest absolute Gasteiger partial charge is 0.355 e. The Morgan fingerprint density at radius 3 is 2.64 bits per heavy atom. The molecule has 126 valence electrons. The maximum Gasteiger partial charge on any atom is 0.201 e. The van der Waals surface area contributed by atoms with Crippen LogP contribution in [0.15, 0.2) is 0 Å². The van der Waals surface area contributed by atoms with Crippen LogP contribution in [0.4, 0.5) is 0 Å². The van der Waals surface area contributed by atoms with Crippen molar-refractivity contribution in [3.8, 4) is 0 Å². The molecule has 8 atom stereocenters. The second-order valence-corrected chi connectivity index (χ2v) is 7.86. The zero-order chi connectivity index (χ0) is 15.5. The second kappa shape index (κ2) is 5.15. The van der Waals surface area contributed by atoms with Gasteiger partial charge in [-0.15, -0.1) is 0 Å². The first-order chi connectivity index (χ1) is 10.5. The lowest BCUT2D eigenvalue weighted by Gasteiger charge is -2.63. The normalized spacial score (nSPS) is 57.8. The first-order valence-corrected chi connectivity index (χ1v) is 8.73. The van der Waals surface area contributed by atoms with Gasteiger partial charge < -0.3 is 14.2 Å². The lowest BCUT2D eigenvalue weighted by molar-refractivity contribution is -0.591. The van der Waals surface area contributed by atoms with Gasteiger partial charge in [0, 0.05) is 25.4 Å². The van der Waals surface area contributed by atoms with Gasteiger partial charge in [0.15, 0.2) is 18.2 Å². The maximum absolute atomic E-state index is 6.29. The molecule has 0 aromatic rings. The molecule has 2 bridgehead atoms. The highest BCUT2D eigenvalue weighted by molar-refractivity contribution is 5.08. The van der Waals surface area contributed by atoms with E-state index in [-0.39, 0.29) is 12.2 Å². The van der Waals surface area contributed by atoms with Crippen LogP contribution in [0.1, 0.15) is 52.9 Å². The molecule has 4 saturated heterocycles. The monoisotopic (exact) mass is 312 g/mol. The van der Waals surface area contributed by atoms with Crippen LogP contribution >= 0.6 is 0 Å². The summed E-state index contributed by atoms with van der Waals surface area (Å²) in [5, 5.41) is 0. The minimum Gasteiger partial charge on any atom is -0.355 e. The van der Waals surface area contributed by atoms with Crippen molar-refractivity contribution < 1.29 is 24.0 Å². The summed E-state index contributed by atoms with van der Waals surface area (Å²) in [5.41, 5.74) is -0.480. The Hall–Kier alpha value is -0.200. The van der Waals surface area contributed by atoms with Crippen molar-refractivity contribution >= 4 is 0 Å². The average molecular weight is 312 g/mol. The average Bonchev–Trinajstić information content (AvgIpc) is 2.48. The van der Waals surface area contributed by atoms with Crippen molar-refractivity contribution in [3.63, 3.8) is 0 Å². The smallest absolute Gasteiger partial charge is 0.201 e. The van der Waals surface area contributed by atoms with Crippen molar-refractivity contribution in [2.75, 3.05) is 7.11 Å². The standard InChI is InChI=1S/C17H28O5/c1-10-7-8-13-11(2)14(18-4)19-15-17(13)12(10)6-5-9-16(3,20-15)21-22-17/h10-15H,5-9H2,1-4H3. The summed E-state index contributed by atoms with van der Waals surface area (Å²) in [6.07, 6.45) is 4.81. The summed E-state index contributed by atoms with van der Waals surface area (Å²) in [6.45, 7) is 6.48. The van der Waals surface area contributed by atoms with Gasteiger partial charge in [-0.05, 0) is 44.4 Å². The Bertz CT molecular complexity index is 443. The Morgan fingerprint density at radius 1 is 1.05 bits per heavy atom. The van der Waals surface area contributed by atoms with Crippen LogP contribution in [0, 0.1) is 23.7 Å². The number of methoxy groups -OCH3 is 1. The molecule has 4 aliphatic heterocycles. The van der Waals surface area contributed by atoms with Gasteiger partial charge in [-0.3, -0.25) is 0 Å². The molecule has 1 saturated carbocycles. The van der Waals surface area contributed by atoms with Crippen LogP contribution < -0.4 is 0 Å². The minimum atomic E-state index is -0.703. The topological polar surface area (TPSA) is 46.2 Å². The Labute approximate surface area is 132 Å². The molecule has 5 heteroatoms. The van der Waals surface area contributed by atoms with Crippen molar-refractivity contribution in [1.82, 2.24) is 0 Å². The summed E-state index contributed by atoms with van der Waals surface area (Å²) in [5.74, 6) is 0.933. The van der Waals surface area contributed by atoms with E-state index in [0.717, 1.165) is 25.7 Å². The molecule has 0 amide bonds. The fourth-order valence-electron chi connectivity index (χ4n) is 5.37. The molecular formula is C17H28O5. The third-order valence-corrected chi connectivity index (χ3v) is 6.57. The minimum absolute atomic E-state index is 0.234. The van der Waals surface area contributed by atoms with E-state index >= 15 is 0 Å². The molecule has 0 N–H and O–H groups in total. The van der Waals surface area contributed by atoms with E-state index < -0.39 is 17.7 Å². The molecule has 5 rings (SSSR count). The summed E-state index contributed by atoms with van der Waals surface area (Å²) in [7, 11) is 1.71. The first kappa shape index (κ1) is 15.3. The van der Waals surface area contributed by atoms with E-state index in [1.165, 1.54) is 6.42 Å². The van der Waals surface area contributed by atoms with E-state index in [9.17, 15) is 0 Å². The highest BCUT2D eigenvalue weighted by Crippen LogP contribution is 2.59. The molecule has 0 aromatic heterocycles. The van der Waals surface area contributed by atoms with E-state index in [2.05, 4.69) is 13.8 Å². The molecule has 5 aliphatic rings. The van der Waals surface area contributed by atoms with E-state index in [1.54, 1.807) is 7.11 Å². The fraction of sp³-hybridized carbons (Fsp3) is 1.00. The predicted molar refractivity (Wildman–Crippen MR) is 78.5 cm³/mol. The summed E-state index contributed by atoms with van der Waals surface area (Å²) in [4.78, 5) is 12.0. The molecule has 8 unspecified atom stereocenters. The second-order valence-electron chi connectivity index (χ2n) is 7.86. The van der Waals surface area contributed by atoms with Gasteiger partial charge in [-0.2, -0.15) is 0 Å². The van der Waals surface area contributed by atoms with Crippen LogP contribution in [-0.2, 0) is 24.0 Å². The van der Waals surface area contributed by atoms with Crippen molar-refractivity contribution in [3.05, 3.63) is 0 Å². The Balaban J connectivity index is 1.78. The zero-order valence-electron chi connectivity index (χ0n) is 14.0. The van der Waals surface area contributed by atoms with Gasteiger partial charge in [0.05, 0.1) is 0 Å². The number of rotatable bonds is 1. The SMILES string of the molecule is COC1OC2OC3(C)CCCC4C(C)CCC(C1C)C24OO3. The van der Waals surface area contributed by atoms with Crippen molar-refractivity contribution in [2.45, 2.75) is 76.8 Å². The summed E-state index contributed by atoms with van der Waals surface area (Å²) >= 11 is 0. The Kier molecular flexibility index (Phi) is 3.59. The molecule has 5 nitrogen and oxygen atoms in total. The lowest BCUT2D eigenvalue weighted by atomic mass is 9.57. The molecule has 4 heterocycles. The van der Waals surface area contributed by atoms with Crippen LogP contribution in [0.25, 0.3) is 0 Å². The molecule has 1 aliphatic carbocycles. The molecule has 0 aromatic carbocycles. The number of hydrogen-bond donors (Lipinski definition) is 0. The van der Waals surface area contributed by atoms with Gasteiger partial charge in [0.25, 0.3) is 0 Å². The quantitative estimate of drug-likeness (QED) is 0.696. The van der Waals surface area contributed by atoms with Crippen LogP contribution in [0.5, 0.6) is 0 Å². The number of ether oxygens (including phenoxy) is 3. The molecule has 22 heavy (non-hydrogen) atoms. The lowest BCUT2D eigenvalue weighted by Crippen LogP contribution is -2.73. The van der Waals surface area contributed by atoms with Crippen LogP contribution in [-0.4, -0.2) is 31.1 Å². The van der Waals surface area contributed by atoms with Crippen molar-refractivity contribution in [1.29, 1.82) is 0 Å². The third-order valence-electron chi connectivity index (χ3n) is 6.57. The third kappa shape index (κ3) is 1.96. The van der Waals surface area contributed by atoms with Gasteiger partial charge >= 0.3 is 0 Å². The molecule has 0 radical (unpaired) electrons. The van der Waals surface area contributed by atoms with E-state index in [4.69, 9.17) is 24.0 Å². The zero-order valence-corrected chi connectivity index (χ0v) is 14.0. The van der Waals surface area contributed by atoms with E-state index in [1.807, 2.05) is 6.92 Å². The Morgan fingerprint density at radius 2 is 1.86 bits per heavy atom. The van der Waals surface area contributed by atoms with Crippen LogP contribution in [0.2, 0.25) is 0 Å². The van der Waals surface area contributed by atoms with Crippen molar-refractivity contribution in [2.24, 2.45) is 23.7 Å². The maximum atomic E-state index is 6.29. The molecular weight excluding hydrogens is 284 g/mol. The summed E-state index contributed by atoms with van der Waals surface area (Å²) < 4.78 is 18.1. The highest BCUT2D eigenvalue weighted by atomic mass is 17.3. The fourth-order valence-corrected chi connectivity index (χ4v) is 5.37. The highest BCUT2D eigenvalue weighted by Gasteiger charge is 2.68. The number of fused-ring (bicyclic) bond motifs is 3. The number of hydrogen-bond acceptors (Lipinski definition) is 5. The van der Waals surface area contributed by atoms with Gasteiger partial charge in [-0.25, -0.2) is 9.78 Å². The predicted octanol–water partition coefficient (Wildman–Crippen LogP) is 3.23. The van der Waals surface area contributed by atoms with Crippen LogP contribution in [0.3, 0.4) is 0 Å². The van der Waals surface area contributed by atoms with E-state index in [0.29, 0.717) is 17.8 Å². The molecule has 5 fully saturated rings. The van der Waals surface area contributed by atoms with Gasteiger partial charge in [0.2, 0.25) is 5.79 Å². The molecule has 1 spiro atoms. The van der Waals surface area contributed by atoms with Gasteiger partial charge in [-0.1, -0.05) is 13.8 Å². The van der Waals surface area contributed by atoms with Gasteiger partial charge in [0.1, 0.15) is 0 Å². The first-order valence-electron chi connectivity index (χ1n) is 8.73.